The molecule has 2 aromatic carbocycles. The highest BCUT2D eigenvalue weighted by Gasteiger charge is 2.32. The molecule has 0 bridgehead atoms. The number of likely N-dealkylation sites (tertiary alicyclic amines) is 1. The number of anilines is 3. The maximum atomic E-state index is 12.6. The second-order valence-corrected chi connectivity index (χ2v) is 10.8. The number of fused-ring (bicyclic) bond motifs is 1. The number of hydrogen-bond acceptors (Lipinski definition) is 7. The van der Waals surface area contributed by atoms with Crippen LogP contribution in [-0.2, 0) is 9.53 Å². The number of morpholine rings is 1. The van der Waals surface area contributed by atoms with Crippen molar-refractivity contribution in [3.05, 3.63) is 53.7 Å². The summed E-state index contributed by atoms with van der Waals surface area (Å²) in [5, 5.41) is 14.3. The van der Waals surface area contributed by atoms with Crippen molar-refractivity contribution in [1.82, 2.24) is 9.88 Å². The zero-order valence-corrected chi connectivity index (χ0v) is 22.5. The number of carbonyl (C=O) groups excluding carboxylic acids is 1. The number of nitrogens with zero attached hydrogens (tertiary/aromatic N) is 4. The molecule has 8 heteroatoms. The second-order valence-electron chi connectivity index (χ2n) is 10.8. The Hall–Kier alpha value is -3.83. The van der Waals surface area contributed by atoms with Crippen molar-refractivity contribution >= 4 is 33.9 Å². The molecular formula is C31H35N5O3. The Kier molecular flexibility index (Phi) is 7.25. The standard InChI is InChI=1S/C31H35N5O3/c1-21-17-24(5-8-29(21)39-26-9-11-36(12-10-26)31(37)22-3-2-4-22)34-30-23(19-32)20-33-28-7-6-25(18-27(28)30)35-13-15-38-16-14-35/h5-8,17-18,20,22,26H,2-4,9-16H2,1H3,(H,33,34). The number of carbonyl (C=O) groups is 1. The number of piperidine rings is 1. The molecule has 202 valence electrons. The average Bonchev–Trinajstić information content (AvgIpc) is 2.94. The molecule has 0 atom stereocenters. The molecule has 1 N–H and O–H groups in total. The summed E-state index contributed by atoms with van der Waals surface area (Å²) in [4.78, 5) is 21.4. The minimum atomic E-state index is 0.112. The molecule has 0 spiro atoms. The van der Waals surface area contributed by atoms with Gasteiger partial charge in [-0.2, -0.15) is 5.26 Å². The Labute approximate surface area is 229 Å². The Balaban J connectivity index is 1.17. The molecule has 3 aliphatic rings. The van der Waals surface area contributed by atoms with E-state index in [0.29, 0.717) is 24.7 Å². The monoisotopic (exact) mass is 525 g/mol. The van der Waals surface area contributed by atoms with Crippen LogP contribution < -0.4 is 15.0 Å². The Morgan fingerprint density at radius 2 is 1.87 bits per heavy atom. The molecule has 3 heterocycles. The number of ether oxygens (including phenoxy) is 2. The van der Waals surface area contributed by atoms with E-state index in [1.807, 2.05) is 30.0 Å². The van der Waals surface area contributed by atoms with E-state index in [1.165, 1.54) is 6.42 Å². The van der Waals surface area contributed by atoms with Gasteiger partial charge in [0.05, 0.1) is 30.0 Å². The van der Waals surface area contributed by atoms with E-state index in [-0.39, 0.29) is 12.0 Å². The van der Waals surface area contributed by atoms with Gasteiger partial charge in [0.1, 0.15) is 17.9 Å². The Bertz CT molecular complexity index is 1400. The number of nitriles is 1. The van der Waals surface area contributed by atoms with Crippen molar-refractivity contribution in [2.45, 2.75) is 45.1 Å². The third kappa shape index (κ3) is 5.37. The first-order valence-corrected chi connectivity index (χ1v) is 14.1. The summed E-state index contributed by atoms with van der Waals surface area (Å²) in [7, 11) is 0. The van der Waals surface area contributed by atoms with Crippen LogP contribution in [0.15, 0.2) is 42.6 Å². The summed E-state index contributed by atoms with van der Waals surface area (Å²) in [6.07, 6.45) is 6.75. The third-order valence-corrected chi connectivity index (χ3v) is 8.29. The first-order valence-electron chi connectivity index (χ1n) is 14.1. The molecule has 2 aliphatic heterocycles. The average molecular weight is 526 g/mol. The van der Waals surface area contributed by atoms with E-state index < -0.39 is 0 Å². The van der Waals surface area contributed by atoms with Gasteiger partial charge in [-0.15, -0.1) is 0 Å². The summed E-state index contributed by atoms with van der Waals surface area (Å²) < 4.78 is 11.9. The quantitative estimate of drug-likeness (QED) is 0.475. The van der Waals surface area contributed by atoms with Gasteiger partial charge < -0.3 is 24.6 Å². The highest BCUT2D eigenvalue weighted by molar-refractivity contribution is 5.97. The summed E-state index contributed by atoms with van der Waals surface area (Å²) in [5.41, 5.74) is 5.12. The van der Waals surface area contributed by atoms with E-state index in [1.54, 1.807) is 6.20 Å². The molecule has 6 rings (SSSR count). The molecule has 1 saturated carbocycles. The number of rotatable bonds is 6. The fourth-order valence-corrected chi connectivity index (χ4v) is 5.71. The predicted octanol–water partition coefficient (Wildman–Crippen LogP) is 5.17. The highest BCUT2D eigenvalue weighted by Crippen LogP contribution is 2.34. The number of pyridine rings is 1. The van der Waals surface area contributed by atoms with Crippen molar-refractivity contribution in [1.29, 1.82) is 5.26 Å². The van der Waals surface area contributed by atoms with E-state index in [0.717, 1.165) is 91.1 Å². The number of amides is 1. The minimum absolute atomic E-state index is 0.112. The lowest BCUT2D eigenvalue weighted by atomic mass is 9.84. The lowest BCUT2D eigenvalue weighted by Crippen LogP contribution is -2.45. The minimum Gasteiger partial charge on any atom is -0.490 e. The van der Waals surface area contributed by atoms with E-state index >= 15 is 0 Å². The number of nitrogens with one attached hydrogen (secondary N) is 1. The third-order valence-electron chi connectivity index (χ3n) is 8.29. The maximum Gasteiger partial charge on any atom is 0.225 e. The lowest BCUT2D eigenvalue weighted by Gasteiger charge is -2.36. The molecule has 1 aromatic heterocycles. The smallest absolute Gasteiger partial charge is 0.225 e. The molecule has 1 aliphatic carbocycles. The van der Waals surface area contributed by atoms with Crippen LogP contribution in [0.3, 0.4) is 0 Å². The fourth-order valence-electron chi connectivity index (χ4n) is 5.71. The lowest BCUT2D eigenvalue weighted by molar-refractivity contribution is -0.140. The maximum absolute atomic E-state index is 12.6. The zero-order chi connectivity index (χ0) is 26.8. The largest absolute Gasteiger partial charge is 0.490 e. The molecular weight excluding hydrogens is 490 g/mol. The van der Waals surface area contributed by atoms with Gasteiger partial charge in [0.25, 0.3) is 0 Å². The van der Waals surface area contributed by atoms with Crippen LogP contribution in [0, 0.1) is 24.2 Å². The predicted molar refractivity (Wildman–Crippen MR) is 152 cm³/mol. The van der Waals surface area contributed by atoms with Crippen LogP contribution in [0.4, 0.5) is 17.1 Å². The molecule has 0 unspecified atom stereocenters. The van der Waals surface area contributed by atoms with Gasteiger partial charge in [0, 0.05) is 67.9 Å². The van der Waals surface area contributed by atoms with Gasteiger partial charge in [-0.25, -0.2) is 0 Å². The fraction of sp³-hybridized carbons (Fsp3) is 0.452. The Morgan fingerprint density at radius 3 is 2.56 bits per heavy atom. The summed E-state index contributed by atoms with van der Waals surface area (Å²) in [6, 6.07) is 14.6. The summed E-state index contributed by atoms with van der Waals surface area (Å²) in [6.45, 7) is 6.71. The summed E-state index contributed by atoms with van der Waals surface area (Å²) in [5.74, 6) is 1.46. The van der Waals surface area contributed by atoms with Crippen LogP contribution in [0.25, 0.3) is 10.9 Å². The van der Waals surface area contributed by atoms with E-state index in [2.05, 4.69) is 39.5 Å². The molecule has 1 amide bonds. The SMILES string of the molecule is Cc1cc(Nc2c(C#N)cnc3ccc(N4CCOCC4)cc23)ccc1OC1CCN(C(=O)C2CCC2)CC1. The van der Waals surface area contributed by atoms with Gasteiger partial charge >= 0.3 is 0 Å². The van der Waals surface area contributed by atoms with Crippen LogP contribution in [0.1, 0.15) is 43.2 Å². The van der Waals surface area contributed by atoms with Crippen molar-refractivity contribution in [3.8, 4) is 11.8 Å². The van der Waals surface area contributed by atoms with Gasteiger partial charge in [0.15, 0.2) is 0 Å². The van der Waals surface area contributed by atoms with Crippen molar-refractivity contribution in [2.24, 2.45) is 5.92 Å². The molecule has 39 heavy (non-hydrogen) atoms. The van der Waals surface area contributed by atoms with Crippen LogP contribution >= 0.6 is 0 Å². The number of aryl methyl sites for hydroxylation is 1. The topological polar surface area (TPSA) is 90.7 Å². The first-order chi connectivity index (χ1) is 19.1. The molecule has 2 saturated heterocycles. The van der Waals surface area contributed by atoms with Crippen molar-refractivity contribution < 1.29 is 14.3 Å². The normalized spacial score (nSPS) is 18.5. The van der Waals surface area contributed by atoms with Gasteiger partial charge in [-0.05, 0) is 61.7 Å². The number of hydrogen-bond donors (Lipinski definition) is 1. The van der Waals surface area contributed by atoms with Crippen molar-refractivity contribution in [2.75, 3.05) is 49.6 Å². The second kappa shape index (κ2) is 11.1. The van der Waals surface area contributed by atoms with Gasteiger partial charge in [-0.1, -0.05) is 6.42 Å². The molecule has 3 aromatic rings. The molecule has 8 nitrogen and oxygen atoms in total. The summed E-state index contributed by atoms with van der Waals surface area (Å²) >= 11 is 0. The van der Waals surface area contributed by atoms with E-state index in [9.17, 15) is 10.1 Å². The van der Waals surface area contributed by atoms with Crippen LogP contribution in [-0.4, -0.2) is 61.3 Å². The first kappa shape index (κ1) is 25.4. The van der Waals surface area contributed by atoms with Crippen LogP contribution in [0.2, 0.25) is 0 Å². The van der Waals surface area contributed by atoms with Crippen LogP contribution in [0.5, 0.6) is 5.75 Å². The van der Waals surface area contributed by atoms with Gasteiger partial charge in [0.2, 0.25) is 5.91 Å². The molecule has 3 fully saturated rings. The highest BCUT2D eigenvalue weighted by atomic mass is 16.5. The van der Waals surface area contributed by atoms with Crippen molar-refractivity contribution in [3.63, 3.8) is 0 Å². The van der Waals surface area contributed by atoms with E-state index in [4.69, 9.17) is 9.47 Å². The van der Waals surface area contributed by atoms with Gasteiger partial charge in [-0.3, -0.25) is 9.78 Å². The Morgan fingerprint density at radius 1 is 1.08 bits per heavy atom. The number of benzene rings is 2. The number of aromatic nitrogens is 1. The molecule has 0 radical (unpaired) electrons. The zero-order valence-electron chi connectivity index (χ0n) is 22.5.